The summed E-state index contributed by atoms with van der Waals surface area (Å²) in [6.07, 6.45) is 0.928. The van der Waals surface area contributed by atoms with Gasteiger partial charge in [0.05, 0.1) is 0 Å². The van der Waals surface area contributed by atoms with E-state index >= 15 is 0 Å². The summed E-state index contributed by atoms with van der Waals surface area (Å²) in [4.78, 5) is 12.3. The molecule has 0 spiro atoms. The van der Waals surface area contributed by atoms with Crippen LogP contribution < -0.4 is 10.6 Å². The molecule has 0 saturated carbocycles. The second-order valence-electron chi connectivity index (χ2n) is 4.68. The van der Waals surface area contributed by atoms with E-state index in [0.717, 1.165) is 30.6 Å². The van der Waals surface area contributed by atoms with Crippen molar-refractivity contribution in [3.05, 3.63) is 57.3 Å². The fraction of sp³-hybridized carbons (Fsp3) is 0.267. The molecule has 4 heteroatoms. The monoisotopic (exact) mass is 272 g/mol. The van der Waals surface area contributed by atoms with E-state index in [9.17, 15) is 4.79 Å². The van der Waals surface area contributed by atoms with Crippen LogP contribution in [0.3, 0.4) is 0 Å². The van der Waals surface area contributed by atoms with Crippen LogP contribution in [0.5, 0.6) is 0 Å². The van der Waals surface area contributed by atoms with E-state index in [0.29, 0.717) is 6.54 Å². The van der Waals surface area contributed by atoms with Crippen LogP contribution in [0.1, 0.15) is 27.0 Å². The molecule has 0 unspecified atom stereocenters. The van der Waals surface area contributed by atoms with Crippen LogP contribution >= 0.6 is 11.3 Å². The van der Waals surface area contributed by atoms with Gasteiger partial charge in [0.25, 0.3) is 5.91 Å². The van der Waals surface area contributed by atoms with Crippen LogP contribution in [0.4, 0.5) is 0 Å². The quantitative estimate of drug-likeness (QED) is 0.900. The van der Waals surface area contributed by atoms with Gasteiger partial charge in [0.15, 0.2) is 0 Å². The SMILES string of the molecule is O=C(NCc1ccsc1)c1cccc2c1CCNC2. The fourth-order valence-electron chi connectivity index (χ4n) is 2.42. The fourth-order valence-corrected chi connectivity index (χ4v) is 3.08. The Morgan fingerprint density at radius 2 is 2.32 bits per heavy atom. The first-order valence-corrected chi connectivity index (χ1v) is 7.39. The summed E-state index contributed by atoms with van der Waals surface area (Å²) in [6, 6.07) is 8.02. The second kappa shape index (κ2) is 5.55. The Kier molecular flexibility index (Phi) is 3.62. The molecular formula is C15H16N2OS. The van der Waals surface area contributed by atoms with Gasteiger partial charge in [0, 0.05) is 18.7 Å². The summed E-state index contributed by atoms with van der Waals surface area (Å²) in [5.74, 6) is 0.0324. The lowest BCUT2D eigenvalue weighted by molar-refractivity contribution is 0.0949. The molecule has 1 aromatic heterocycles. The Balaban J connectivity index is 1.76. The van der Waals surface area contributed by atoms with Gasteiger partial charge < -0.3 is 10.6 Å². The zero-order valence-corrected chi connectivity index (χ0v) is 11.4. The summed E-state index contributed by atoms with van der Waals surface area (Å²) in [7, 11) is 0. The summed E-state index contributed by atoms with van der Waals surface area (Å²) < 4.78 is 0. The number of thiophene rings is 1. The van der Waals surface area contributed by atoms with Crippen molar-refractivity contribution in [2.24, 2.45) is 0 Å². The molecule has 0 radical (unpaired) electrons. The number of carbonyl (C=O) groups excluding carboxylic acids is 1. The van der Waals surface area contributed by atoms with E-state index in [-0.39, 0.29) is 5.91 Å². The van der Waals surface area contributed by atoms with Gasteiger partial charge in [-0.15, -0.1) is 0 Å². The minimum atomic E-state index is 0.0324. The molecule has 1 amide bonds. The van der Waals surface area contributed by atoms with Crippen molar-refractivity contribution in [3.8, 4) is 0 Å². The molecule has 0 aliphatic carbocycles. The number of hydrogen-bond donors (Lipinski definition) is 2. The Labute approximate surface area is 116 Å². The van der Waals surface area contributed by atoms with Crippen molar-refractivity contribution in [2.75, 3.05) is 6.54 Å². The third-order valence-corrected chi connectivity index (χ3v) is 4.15. The van der Waals surface area contributed by atoms with Crippen molar-refractivity contribution in [1.82, 2.24) is 10.6 Å². The Bertz CT molecular complexity index is 578. The van der Waals surface area contributed by atoms with Gasteiger partial charge in [0.1, 0.15) is 0 Å². The summed E-state index contributed by atoms with van der Waals surface area (Å²) >= 11 is 1.65. The normalized spacial score (nSPS) is 13.9. The standard InChI is InChI=1S/C15H16N2OS/c18-15(17-8-11-5-7-19-10-11)14-3-1-2-12-9-16-6-4-13(12)14/h1-3,5,7,10,16H,4,6,8-9H2,(H,17,18). The summed E-state index contributed by atoms with van der Waals surface area (Å²) in [5, 5.41) is 10.4. The van der Waals surface area contributed by atoms with Gasteiger partial charge in [-0.25, -0.2) is 0 Å². The van der Waals surface area contributed by atoms with E-state index in [4.69, 9.17) is 0 Å². The molecule has 2 heterocycles. The lowest BCUT2D eigenvalue weighted by Crippen LogP contribution is -2.29. The molecule has 1 aromatic carbocycles. The van der Waals surface area contributed by atoms with E-state index in [1.807, 2.05) is 23.6 Å². The van der Waals surface area contributed by atoms with Crippen molar-refractivity contribution in [3.63, 3.8) is 0 Å². The van der Waals surface area contributed by atoms with Crippen molar-refractivity contribution in [2.45, 2.75) is 19.5 Å². The molecule has 3 rings (SSSR count). The molecule has 0 fully saturated rings. The predicted octanol–water partition coefficient (Wildman–Crippen LogP) is 2.32. The highest BCUT2D eigenvalue weighted by Gasteiger charge is 2.16. The van der Waals surface area contributed by atoms with Crippen LogP contribution in [-0.4, -0.2) is 12.5 Å². The van der Waals surface area contributed by atoms with Gasteiger partial charge in [-0.05, 0) is 52.5 Å². The molecule has 0 saturated heterocycles. The number of nitrogens with one attached hydrogen (secondary N) is 2. The first kappa shape index (κ1) is 12.4. The Morgan fingerprint density at radius 3 is 3.16 bits per heavy atom. The van der Waals surface area contributed by atoms with Crippen LogP contribution in [-0.2, 0) is 19.5 Å². The predicted molar refractivity (Wildman–Crippen MR) is 77.3 cm³/mol. The van der Waals surface area contributed by atoms with Gasteiger partial charge in [-0.3, -0.25) is 4.79 Å². The Hall–Kier alpha value is -1.65. The maximum absolute atomic E-state index is 12.3. The summed E-state index contributed by atoms with van der Waals surface area (Å²) in [5.41, 5.74) is 4.43. The highest BCUT2D eigenvalue weighted by molar-refractivity contribution is 7.07. The average Bonchev–Trinajstić information content (AvgIpc) is 2.97. The van der Waals surface area contributed by atoms with Crippen LogP contribution in [0, 0.1) is 0 Å². The summed E-state index contributed by atoms with van der Waals surface area (Å²) in [6.45, 7) is 2.41. The zero-order valence-electron chi connectivity index (χ0n) is 10.6. The number of benzene rings is 1. The number of carbonyl (C=O) groups is 1. The minimum Gasteiger partial charge on any atom is -0.348 e. The van der Waals surface area contributed by atoms with Gasteiger partial charge in [-0.2, -0.15) is 11.3 Å². The van der Waals surface area contributed by atoms with Crippen LogP contribution in [0.2, 0.25) is 0 Å². The molecule has 19 heavy (non-hydrogen) atoms. The molecule has 3 nitrogen and oxygen atoms in total. The number of fused-ring (bicyclic) bond motifs is 1. The number of hydrogen-bond acceptors (Lipinski definition) is 3. The highest BCUT2D eigenvalue weighted by atomic mass is 32.1. The lowest BCUT2D eigenvalue weighted by atomic mass is 9.95. The van der Waals surface area contributed by atoms with Crippen LogP contribution in [0.15, 0.2) is 35.0 Å². The molecule has 1 aliphatic rings. The first-order valence-electron chi connectivity index (χ1n) is 6.45. The molecule has 2 N–H and O–H groups in total. The number of amides is 1. The third kappa shape index (κ3) is 2.69. The van der Waals surface area contributed by atoms with Crippen molar-refractivity contribution in [1.29, 1.82) is 0 Å². The molecule has 1 aliphatic heterocycles. The van der Waals surface area contributed by atoms with E-state index in [1.165, 1.54) is 11.1 Å². The van der Waals surface area contributed by atoms with E-state index < -0.39 is 0 Å². The first-order chi connectivity index (χ1) is 9.34. The highest BCUT2D eigenvalue weighted by Crippen LogP contribution is 2.18. The third-order valence-electron chi connectivity index (χ3n) is 3.42. The molecule has 0 atom stereocenters. The molecular weight excluding hydrogens is 256 g/mol. The van der Waals surface area contributed by atoms with Crippen molar-refractivity contribution < 1.29 is 4.79 Å². The minimum absolute atomic E-state index is 0.0324. The lowest BCUT2D eigenvalue weighted by Gasteiger charge is -2.19. The van der Waals surface area contributed by atoms with E-state index in [1.54, 1.807) is 11.3 Å². The maximum atomic E-state index is 12.3. The van der Waals surface area contributed by atoms with E-state index in [2.05, 4.69) is 22.1 Å². The maximum Gasteiger partial charge on any atom is 0.251 e. The van der Waals surface area contributed by atoms with Crippen LogP contribution in [0.25, 0.3) is 0 Å². The topological polar surface area (TPSA) is 41.1 Å². The van der Waals surface area contributed by atoms with Gasteiger partial charge >= 0.3 is 0 Å². The van der Waals surface area contributed by atoms with Gasteiger partial charge in [-0.1, -0.05) is 12.1 Å². The smallest absolute Gasteiger partial charge is 0.251 e. The second-order valence-corrected chi connectivity index (χ2v) is 5.46. The van der Waals surface area contributed by atoms with Gasteiger partial charge in [0.2, 0.25) is 0 Å². The average molecular weight is 272 g/mol. The Morgan fingerprint density at radius 1 is 1.37 bits per heavy atom. The largest absolute Gasteiger partial charge is 0.348 e. The number of rotatable bonds is 3. The van der Waals surface area contributed by atoms with Crippen molar-refractivity contribution >= 4 is 17.2 Å². The zero-order chi connectivity index (χ0) is 13.1. The molecule has 0 bridgehead atoms. The molecule has 98 valence electrons. The molecule has 2 aromatic rings.